The van der Waals surface area contributed by atoms with Gasteiger partial charge in [-0.15, -0.1) is 0 Å². The van der Waals surface area contributed by atoms with Crippen LogP contribution < -0.4 is 5.32 Å². The summed E-state index contributed by atoms with van der Waals surface area (Å²) in [5.41, 5.74) is 0. The molecule has 1 rings (SSSR count). The maximum Gasteiger partial charge on any atom is 0.329 e. The van der Waals surface area contributed by atoms with E-state index in [1.807, 2.05) is 5.32 Å². The number of imide groups is 1. The molecule has 0 atom stereocenters. The van der Waals surface area contributed by atoms with Crippen LogP contribution in [0.15, 0.2) is 22.7 Å². The minimum absolute atomic E-state index is 0.168. The Balaban J connectivity index is 2.84. The molecule has 0 aromatic carbocycles. The molecule has 15 heavy (non-hydrogen) atoms. The zero-order valence-corrected chi connectivity index (χ0v) is 8.27. The highest BCUT2D eigenvalue weighted by atomic mass is 32.2. The fourth-order valence-electron chi connectivity index (χ4n) is 0.921. The molecule has 0 spiro atoms. The molecule has 0 aromatic rings. The Hall–Kier alpha value is -1.83. The molecule has 3 amide bonds. The molecule has 1 N–H and O–H groups in total. The van der Waals surface area contributed by atoms with E-state index < -0.39 is 11.0 Å². The monoisotopic (exact) mass is 229 g/mol. The summed E-state index contributed by atoms with van der Waals surface area (Å²) >= 11 is 1.04. The molecule has 0 saturated heterocycles. The van der Waals surface area contributed by atoms with Crippen molar-refractivity contribution in [3.8, 4) is 0 Å². The van der Waals surface area contributed by atoms with Crippen LogP contribution >= 0.6 is 11.8 Å². The summed E-state index contributed by atoms with van der Waals surface area (Å²) in [7, 11) is 0. The van der Waals surface area contributed by atoms with Gasteiger partial charge in [0.1, 0.15) is 0 Å². The van der Waals surface area contributed by atoms with Crippen molar-refractivity contribution in [3.63, 3.8) is 0 Å². The zero-order valence-electron chi connectivity index (χ0n) is 7.45. The molecule has 0 saturated carbocycles. The highest BCUT2D eigenvalue weighted by Gasteiger charge is 2.21. The second kappa shape index (κ2) is 5.15. The molecule has 1 aliphatic heterocycles. The highest BCUT2D eigenvalue weighted by Crippen LogP contribution is 2.25. The molecule has 1 aliphatic rings. The summed E-state index contributed by atoms with van der Waals surface area (Å²) < 4.78 is 0. The summed E-state index contributed by atoms with van der Waals surface area (Å²) in [4.78, 5) is 32.0. The molecule has 1 heterocycles. The van der Waals surface area contributed by atoms with Crippen LogP contribution in [0, 0.1) is 10.1 Å². The number of carbonyl (C=O) groups excluding carboxylic acids is 2. The van der Waals surface area contributed by atoms with Gasteiger partial charge in [0.05, 0.1) is 4.92 Å². The fourth-order valence-corrected chi connectivity index (χ4v) is 1.67. The Labute approximate surface area is 89.0 Å². The van der Waals surface area contributed by atoms with E-state index in [9.17, 15) is 19.7 Å². The molecule has 0 fully saturated rings. The van der Waals surface area contributed by atoms with Crippen LogP contribution in [-0.2, 0) is 4.79 Å². The zero-order chi connectivity index (χ0) is 11.3. The third-order valence-corrected chi connectivity index (χ3v) is 2.38. The number of nitrogens with zero attached hydrogens (tertiary/aromatic N) is 2. The number of nitrogens with one attached hydrogen (secondary N) is 1. The molecule has 80 valence electrons. The van der Waals surface area contributed by atoms with Gasteiger partial charge >= 0.3 is 6.03 Å². The van der Waals surface area contributed by atoms with Crippen LogP contribution in [0.5, 0.6) is 0 Å². The summed E-state index contributed by atoms with van der Waals surface area (Å²) in [6.45, 7) is 0.201. The average molecular weight is 229 g/mol. The minimum Gasteiger partial charge on any atom is -0.280 e. The van der Waals surface area contributed by atoms with Crippen molar-refractivity contribution in [2.45, 2.75) is 0 Å². The van der Waals surface area contributed by atoms with E-state index in [1.54, 1.807) is 11.5 Å². The van der Waals surface area contributed by atoms with Gasteiger partial charge in [0, 0.05) is 6.54 Å². The molecule has 0 aromatic heterocycles. The number of thioether (sulfide) groups is 1. The maximum atomic E-state index is 11.3. The SMILES string of the molecule is O=CNC(=O)N1CC=CSC1=C[N+](=O)[O-]. The Bertz CT molecular complexity index is 352. The van der Waals surface area contributed by atoms with Crippen molar-refractivity contribution < 1.29 is 14.5 Å². The van der Waals surface area contributed by atoms with Gasteiger partial charge in [-0.2, -0.15) is 0 Å². The van der Waals surface area contributed by atoms with Crippen molar-refractivity contribution >= 4 is 24.2 Å². The number of hydrogen-bond acceptors (Lipinski definition) is 5. The summed E-state index contributed by atoms with van der Waals surface area (Å²) in [6.07, 6.45) is 2.61. The molecule has 0 unspecified atom stereocenters. The topological polar surface area (TPSA) is 92.6 Å². The lowest BCUT2D eigenvalue weighted by atomic mass is 10.5. The van der Waals surface area contributed by atoms with Gasteiger partial charge in [0.15, 0.2) is 5.03 Å². The largest absolute Gasteiger partial charge is 0.329 e. The van der Waals surface area contributed by atoms with E-state index in [0.717, 1.165) is 22.9 Å². The third kappa shape index (κ3) is 3.09. The van der Waals surface area contributed by atoms with Gasteiger partial charge in [0.25, 0.3) is 6.20 Å². The molecule has 7 nitrogen and oxygen atoms in total. The van der Waals surface area contributed by atoms with Crippen molar-refractivity contribution in [3.05, 3.63) is 32.8 Å². The third-order valence-electron chi connectivity index (χ3n) is 1.48. The highest BCUT2D eigenvalue weighted by molar-refractivity contribution is 8.05. The Kier molecular flexibility index (Phi) is 3.86. The molecular formula is C7H7N3O4S. The summed E-state index contributed by atoms with van der Waals surface area (Å²) in [6, 6.07) is -0.685. The molecule has 8 heteroatoms. The van der Waals surface area contributed by atoms with Crippen LogP contribution in [0.25, 0.3) is 0 Å². The predicted octanol–water partition coefficient (Wildman–Crippen LogP) is 0.490. The lowest BCUT2D eigenvalue weighted by molar-refractivity contribution is -0.403. The van der Waals surface area contributed by atoms with Crippen LogP contribution in [-0.4, -0.2) is 28.8 Å². The second-order valence-electron chi connectivity index (χ2n) is 2.42. The van der Waals surface area contributed by atoms with E-state index in [4.69, 9.17) is 0 Å². The molecule has 0 bridgehead atoms. The summed E-state index contributed by atoms with van der Waals surface area (Å²) in [5.74, 6) is 0. The Morgan fingerprint density at radius 3 is 3.07 bits per heavy atom. The van der Waals surface area contributed by atoms with Crippen molar-refractivity contribution in [1.29, 1.82) is 0 Å². The lowest BCUT2D eigenvalue weighted by Crippen LogP contribution is -2.39. The summed E-state index contributed by atoms with van der Waals surface area (Å²) in [5, 5.41) is 14.0. The van der Waals surface area contributed by atoms with Crippen LogP contribution in [0.4, 0.5) is 4.79 Å². The van der Waals surface area contributed by atoms with E-state index in [1.165, 1.54) is 0 Å². The average Bonchev–Trinajstić information content (AvgIpc) is 2.18. The number of carbonyl (C=O) groups is 2. The number of amides is 3. The normalized spacial score (nSPS) is 17.6. The standard InChI is InChI=1S/C7H7N3O4S/c11-5-8-7(12)9-2-1-3-15-6(9)4-10(13)14/h1,3-5H,2H2,(H,8,11,12). The number of rotatable bonds is 2. The minimum atomic E-state index is -0.685. The quantitative estimate of drug-likeness (QED) is 0.422. The first kappa shape index (κ1) is 11.2. The van der Waals surface area contributed by atoms with E-state index in [-0.39, 0.29) is 18.0 Å². The Morgan fingerprint density at radius 1 is 1.73 bits per heavy atom. The fraction of sp³-hybridized carbons (Fsp3) is 0.143. The van der Waals surface area contributed by atoms with Crippen molar-refractivity contribution in [2.75, 3.05) is 6.54 Å². The first-order valence-corrected chi connectivity index (χ1v) is 4.72. The Morgan fingerprint density at radius 2 is 2.47 bits per heavy atom. The smallest absolute Gasteiger partial charge is 0.280 e. The first-order valence-electron chi connectivity index (χ1n) is 3.84. The van der Waals surface area contributed by atoms with E-state index >= 15 is 0 Å². The van der Waals surface area contributed by atoms with Gasteiger partial charge in [-0.3, -0.25) is 25.1 Å². The van der Waals surface area contributed by atoms with Crippen LogP contribution in [0.2, 0.25) is 0 Å². The number of urea groups is 1. The molecule has 0 aliphatic carbocycles. The molecular weight excluding hydrogens is 222 g/mol. The van der Waals surface area contributed by atoms with Gasteiger partial charge in [-0.25, -0.2) is 4.79 Å². The maximum absolute atomic E-state index is 11.3. The van der Waals surface area contributed by atoms with E-state index in [2.05, 4.69) is 0 Å². The van der Waals surface area contributed by atoms with Crippen molar-refractivity contribution in [1.82, 2.24) is 10.2 Å². The van der Waals surface area contributed by atoms with Gasteiger partial charge in [-0.05, 0) is 5.41 Å². The van der Waals surface area contributed by atoms with Crippen LogP contribution in [0.3, 0.4) is 0 Å². The molecule has 0 radical (unpaired) electrons. The van der Waals surface area contributed by atoms with Gasteiger partial charge in [-0.1, -0.05) is 17.8 Å². The van der Waals surface area contributed by atoms with Gasteiger partial charge in [0.2, 0.25) is 6.41 Å². The lowest BCUT2D eigenvalue weighted by Gasteiger charge is -2.22. The van der Waals surface area contributed by atoms with Crippen LogP contribution in [0.1, 0.15) is 0 Å². The number of hydrogen-bond donors (Lipinski definition) is 1. The van der Waals surface area contributed by atoms with Gasteiger partial charge < -0.3 is 0 Å². The van der Waals surface area contributed by atoms with E-state index in [0.29, 0.717) is 0 Å². The first-order chi connectivity index (χ1) is 7.15. The second-order valence-corrected chi connectivity index (χ2v) is 3.35. The van der Waals surface area contributed by atoms with Crippen molar-refractivity contribution in [2.24, 2.45) is 0 Å². The predicted molar refractivity (Wildman–Crippen MR) is 53.1 cm³/mol. The number of nitro groups is 1.